The van der Waals surface area contributed by atoms with E-state index in [9.17, 15) is 4.79 Å². The summed E-state index contributed by atoms with van der Waals surface area (Å²) in [4.78, 5) is 10.1. The smallest absolute Gasteiger partial charge is 0.142 e. The summed E-state index contributed by atoms with van der Waals surface area (Å²) >= 11 is 0. The monoisotopic (exact) mass is 200 g/mol. The fourth-order valence-electron chi connectivity index (χ4n) is 1.72. The Balaban J connectivity index is 2.99. The van der Waals surface area contributed by atoms with Gasteiger partial charge in [0.2, 0.25) is 0 Å². The summed E-state index contributed by atoms with van der Waals surface area (Å²) in [5, 5.41) is 0. The zero-order chi connectivity index (χ0) is 11.3. The minimum absolute atomic E-state index is 0.777. The van der Waals surface area contributed by atoms with E-state index in [0.717, 1.165) is 6.29 Å². The number of allylic oxidation sites excluding steroid dienone is 3. The highest BCUT2D eigenvalue weighted by Crippen LogP contribution is 2.17. The molecule has 78 valence electrons. The van der Waals surface area contributed by atoms with Crippen LogP contribution in [0, 0.1) is 20.8 Å². The normalized spacial score (nSPS) is 11.4. The van der Waals surface area contributed by atoms with Crippen LogP contribution >= 0.6 is 0 Å². The van der Waals surface area contributed by atoms with E-state index in [1.165, 1.54) is 28.3 Å². The van der Waals surface area contributed by atoms with Crippen LogP contribution in [0.15, 0.2) is 30.4 Å². The third-order valence-electron chi connectivity index (χ3n) is 2.30. The van der Waals surface area contributed by atoms with Crippen molar-refractivity contribution in [1.82, 2.24) is 0 Å². The predicted octanol–water partition coefficient (Wildman–Crippen LogP) is 3.38. The molecule has 0 aliphatic carbocycles. The molecule has 1 aromatic rings. The second kappa shape index (κ2) is 5.30. The van der Waals surface area contributed by atoms with Crippen LogP contribution in [0.4, 0.5) is 0 Å². The summed E-state index contributed by atoms with van der Waals surface area (Å²) in [6.45, 7) is 6.30. The predicted molar refractivity (Wildman–Crippen MR) is 64.9 cm³/mol. The number of carbonyl (C=O) groups excluding carboxylic acids is 1. The van der Waals surface area contributed by atoms with E-state index in [2.05, 4.69) is 32.9 Å². The van der Waals surface area contributed by atoms with E-state index >= 15 is 0 Å². The largest absolute Gasteiger partial charge is 0.299 e. The van der Waals surface area contributed by atoms with Crippen LogP contribution in [0.2, 0.25) is 0 Å². The number of rotatable bonds is 3. The van der Waals surface area contributed by atoms with Crippen molar-refractivity contribution in [3.63, 3.8) is 0 Å². The Morgan fingerprint density at radius 1 is 0.933 bits per heavy atom. The molecule has 0 amide bonds. The third-order valence-corrected chi connectivity index (χ3v) is 2.30. The van der Waals surface area contributed by atoms with Crippen LogP contribution in [0.3, 0.4) is 0 Å². The van der Waals surface area contributed by atoms with Crippen LogP contribution in [0.5, 0.6) is 0 Å². The summed E-state index contributed by atoms with van der Waals surface area (Å²) in [6, 6.07) is 4.33. The standard InChI is InChI=1S/C14H16O/c1-11-9-12(2)14(13(3)10-11)7-5-4-6-8-15/h4-10H,1-3H3/b6-4+,7-5+. The first kappa shape index (κ1) is 11.4. The first-order valence-corrected chi connectivity index (χ1v) is 5.01. The highest BCUT2D eigenvalue weighted by atomic mass is 16.1. The molecule has 0 atom stereocenters. The molecule has 0 heterocycles. The molecule has 0 unspecified atom stereocenters. The molecule has 0 radical (unpaired) electrons. The lowest BCUT2D eigenvalue weighted by Crippen LogP contribution is -1.87. The molecule has 0 bridgehead atoms. The first-order chi connectivity index (χ1) is 7.15. The van der Waals surface area contributed by atoms with Gasteiger partial charge in [0.1, 0.15) is 6.29 Å². The Bertz CT molecular complexity index is 388. The van der Waals surface area contributed by atoms with E-state index in [1.54, 1.807) is 6.08 Å². The van der Waals surface area contributed by atoms with Gasteiger partial charge in [-0.2, -0.15) is 0 Å². The number of aldehydes is 1. The Kier molecular flexibility index (Phi) is 4.04. The van der Waals surface area contributed by atoms with Crippen LogP contribution in [-0.2, 0) is 4.79 Å². The quantitative estimate of drug-likeness (QED) is 0.415. The van der Waals surface area contributed by atoms with Gasteiger partial charge < -0.3 is 0 Å². The Hall–Kier alpha value is -1.63. The van der Waals surface area contributed by atoms with Gasteiger partial charge in [0.15, 0.2) is 0 Å². The highest BCUT2D eigenvalue weighted by Gasteiger charge is 1.98. The average molecular weight is 200 g/mol. The van der Waals surface area contributed by atoms with Crippen molar-refractivity contribution in [2.24, 2.45) is 0 Å². The van der Waals surface area contributed by atoms with Gasteiger partial charge >= 0.3 is 0 Å². The molecule has 0 aromatic heterocycles. The van der Waals surface area contributed by atoms with Gasteiger partial charge in [-0.3, -0.25) is 4.79 Å². The molecule has 0 saturated carbocycles. The molecular formula is C14H16O. The van der Waals surface area contributed by atoms with Crippen molar-refractivity contribution in [2.45, 2.75) is 20.8 Å². The van der Waals surface area contributed by atoms with Crippen LogP contribution < -0.4 is 0 Å². The van der Waals surface area contributed by atoms with E-state index in [0.29, 0.717) is 0 Å². The van der Waals surface area contributed by atoms with Gasteiger partial charge in [-0.1, -0.05) is 35.9 Å². The first-order valence-electron chi connectivity index (χ1n) is 5.01. The lowest BCUT2D eigenvalue weighted by Gasteiger charge is -2.06. The van der Waals surface area contributed by atoms with E-state index in [4.69, 9.17) is 0 Å². The molecule has 1 heteroatoms. The van der Waals surface area contributed by atoms with Crippen molar-refractivity contribution < 1.29 is 4.79 Å². The molecule has 1 aromatic carbocycles. The summed E-state index contributed by atoms with van der Waals surface area (Å²) in [5.74, 6) is 0. The second-order valence-corrected chi connectivity index (χ2v) is 3.69. The van der Waals surface area contributed by atoms with Crippen LogP contribution in [-0.4, -0.2) is 6.29 Å². The molecular weight excluding hydrogens is 184 g/mol. The van der Waals surface area contributed by atoms with Crippen LogP contribution in [0.25, 0.3) is 6.08 Å². The summed E-state index contributed by atoms with van der Waals surface area (Å²) < 4.78 is 0. The summed E-state index contributed by atoms with van der Waals surface area (Å²) in [7, 11) is 0. The van der Waals surface area contributed by atoms with Crippen molar-refractivity contribution in [3.8, 4) is 0 Å². The highest BCUT2D eigenvalue weighted by molar-refractivity contribution is 5.67. The number of carbonyl (C=O) groups is 1. The van der Waals surface area contributed by atoms with Crippen molar-refractivity contribution in [1.29, 1.82) is 0 Å². The average Bonchev–Trinajstić information content (AvgIpc) is 2.15. The van der Waals surface area contributed by atoms with Gasteiger partial charge in [0.05, 0.1) is 0 Å². The molecule has 15 heavy (non-hydrogen) atoms. The zero-order valence-electron chi connectivity index (χ0n) is 9.45. The molecule has 0 aliphatic heterocycles. The molecule has 0 fully saturated rings. The zero-order valence-corrected chi connectivity index (χ0v) is 9.45. The maximum Gasteiger partial charge on any atom is 0.142 e. The second-order valence-electron chi connectivity index (χ2n) is 3.69. The Labute approximate surface area is 91.1 Å². The number of aryl methyl sites for hydroxylation is 3. The van der Waals surface area contributed by atoms with E-state index in [1.807, 2.05) is 12.2 Å². The molecule has 0 saturated heterocycles. The minimum atomic E-state index is 0.777. The molecule has 0 spiro atoms. The van der Waals surface area contributed by atoms with E-state index in [-0.39, 0.29) is 0 Å². The summed E-state index contributed by atoms with van der Waals surface area (Å²) in [6.07, 6.45) is 7.92. The fraction of sp³-hybridized carbons (Fsp3) is 0.214. The SMILES string of the molecule is Cc1cc(C)c(/C=C/C=C/C=O)c(C)c1. The number of hydrogen-bond donors (Lipinski definition) is 0. The molecule has 1 rings (SSSR count). The third kappa shape index (κ3) is 3.21. The van der Waals surface area contributed by atoms with Crippen molar-refractivity contribution in [3.05, 3.63) is 52.6 Å². The summed E-state index contributed by atoms with van der Waals surface area (Å²) in [5.41, 5.74) is 5.05. The molecule has 1 nitrogen and oxygen atoms in total. The van der Waals surface area contributed by atoms with Crippen molar-refractivity contribution in [2.75, 3.05) is 0 Å². The minimum Gasteiger partial charge on any atom is -0.299 e. The van der Waals surface area contributed by atoms with Crippen molar-refractivity contribution >= 4 is 12.4 Å². The van der Waals surface area contributed by atoms with Crippen LogP contribution in [0.1, 0.15) is 22.3 Å². The van der Waals surface area contributed by atoms with Gasteiger partial charge in [-0.05, 0) is 43.5 Å². The van der Waals surface area contributed by atoms with Gasteiger partial charge in [-0.15, -0.1) is 0 Å². The lowest BCUT2D eigenvalue weighted by molar-refractivity contribution is -0.104. The van der Waals surface area contributed by atoms with Gasteiger partial charge in [0.25, 0.3) is 0 Å². The molecule has 0 N–H and O–H groups in total. The van der Waals surface area contributed by atoms with Gasteiger partial charge in [-0.25, -0.2) is 0 Å². The Morgan fingerprint density at radius 3 is 2.07 bits per heavy atom. The Morgan fingerprint density at radius 2 is 1.53 bits per heavy atom. The topological polar surface area (TPSA) is 17.1 Å². The van der Waals surface area contributed by atoms with E-state index < -0.39 is 0 Å². The maximum absolute atomic E-state index is 10.1. The maximum atomic E-state index is 10.1. The number of hydrogen-bond acceptors (Lipinski definition) is 1. The fourth-order valence-corrected chi connectivity index (χ4v) is 1.72. The molecule has 0 aliphatic rings. The lowest BCUT2D eigenvalue weighted by atomic mass is 9.99. The van der Waals surface area contributed by atoms with Gasteiger partial charge in [0, 0.05) is 0 Å². The number of benzene rings is 1.